The number of aliphatic carboxylic acids is 2. The third-order valence-corrected chi connectivity index (χ3v) is 8.77. The number of rotatable bonds is 24. The van der Waals surface area contributed by atoms with Gasteiger partial charge in [0.15, 0.2) is 6.04 Å². The summed E-state index contributed by atoms with van der Waals surface area (Å²) in [6.45, 7) is 6.22. The van der Waals surface area contributed by atoms with Crippen molar-refractivity contribution in [3.05, 3.63) is 36.0 Å². The second-order valence-corrected chi connectivity index (χ2v) is 14.0. The Morgan fingerprint density at radius 1 is 0.709 bits per heavy atom. The zero-order valence-electron chi connectivity index (χ0n) is 31.5. The number of H-pyrrole nitrogens is 1. The van der Waals surface area contributed by atoms with Crippen LogP contribution < -0.4 is 38.1 Å². The lowest BCUT2D eigenvalue weighted by Crippen LogP contribution is -2.62. The number of aliphatic hydroxyl groups excluding tert-OH is 2. The maximum absolute atomic E-state index is 13.9. The van der Waals surface area contributed by atoms with Crippen LogP contribution in [0.2, 0.25) is 0 Å². The summed E-state index contributed by atoms with van der Waals surface area (Å²) in [4.78, 5) is 93.1. The second kappa shape index (κ2) is 22.3. The molecule has 5 amide bonds. The third-order valence-electron chi connectivity index (χ3n) is 8.77. The molecule has 55 heavy (non-hydrogen) atoms. The molecule has 0 fully saturated rings. The smallest absolute Gasteiger partial charge is 0.328 e. The third kappa shape index (κ3) is 14.9. The van der Waals surface area contributed by atoms with Gasteiger partial charge in [0.05, 0.1) is 18.2 Å². The molecule has 0 aliphatic carbocycles. The topological polar surface area (TPSA) is 328 Å². The van der Waals surface area contributed by atoms with E-state index in [2.05, 4.69) is 31.6 Å². The quantitative estimate of drug-likeness (QED) is 0.0533. The number of hydrogen-bond donors (Lipinski definition) is 12. The van der Waals surface area contributed by atoms with Gasteiger partial charge in [0.2, 0.25) is 29.5 Å². The normalized spacial score (nSPS) is 15.7. The number of nitrogens with two attached hydrogens (primary N) is 2. The Labute approximate surface area is 318 Å². The predicted molar refractivity (Wildman–Crippen MR) is 200 cm³/mol. The molecule has 0 saturated carbocycles. The molecular formula is C36H56N8O11. The summed E-state index contributed by atoms with van der Waals surface area (Å²) in [6.07, 6.45) is -1.08. The van der Waals surface area contributed by atoms with Gasteiger partial charge in [0, 0.05) is 29.9 Å². The molecule has 306 valence electrons. The van der Waals surface area contributed by atoms with Crippen molar-refractivity contribution in [2.24, 2.45) is 17.4 Å². The van der Waals surface area contributed by atoms with Crippen LogP contribution >= 0.6 is 0 Å². The van der Waals surface area contributed by atoms with E-state index < -0.39 is 89.9 Å². The van der Waals surface area contributed by atoms with E-state index >= 15 is 0 Å². The van der Waals surface area contributed by atoms with Crippen molar-refractivity contribution in [3.8, 4) is 0 Å². The number of carbonyl (C=O) groups is 7. The van der Waals surface area contributed by atoms with E-state index in [1.165, 1.54) is 13.8 Å². The highest BCUT2D eigenvalue weighted by Crippen LogP contribution is 2.20. The largest absolute Gasteiger partial charge is 0.481 e. The molecule has 8 atom stereocenters. The minimum atomic E-state index is -1.68. The minimum Gasteiger partial charge on any atom is -0.481 e. The molecule has 1 aromatic carbocycles. The molecule has 0 unspecified atom stereocenters. The fraction of sp³-hybridized carbons (Fsp3) is 0.583. The Morgan fingerprint density at radius 2 is 1.27 bits per heavy atom. The van der Waals surface area contributed by atoms with Gasteiger partial charge in [0.1, 0.15) is 24.2 Å². The van der Waals surface area contributed by atoms with Crippen molar-refractivity contribution in [1.29, 1.82) is 0 Å². The summed E-state index contributed by atoms with van der Waals surface area (Å²) in [6, 6.07) is -1.25. The molecule has 2 rings (SSSR count). The number of amides is 5. The summed E-state index contributed by atoms with van der Waals surface area (Å²) < 4.78 is 0. The van der Waals surface area contributed by atoms with Gasteiger partial charge in [-0.2, -0.15) is 0 Å². The molecule has 0 saturated heterocycles. The van der Waals surface area contributed by atoms with Gasteiger partial charge >= 0.3 is 11.9 Å². The molecular weight excluding hydrogens is 720 g/mol. The molecule has 2 aromatic rings. The first-order chi connectivity index (χ1) is 25.9. The molecule has 0 aliphatic heterocycles. The highest BCUT2D eigenvalue weighted by molar-refractivity contribution is 5.97. The number of carbonyl (C=O) groups excluding carboxylic acids is 5. The lowest BCUT2D eigenvalue weighted by Gasteiger charge is -2.29. The first kappa shape index (κ1) is 46.0. The van der Waals surface area contributed by atoms with Gasteiger partial charge in [-0.15, -0.1) is 0 Å². The van der Waals surface area contributed by atoms with Gasteiger partial charge in [-0.3, -0.25) is 28.8 Å². The fourth-order valence-electron chi connectivity index (χ4n) is 5.72. The van der Waals surface area contributed by atoms with E-state index in [4.69, 9.17) is 16.6 Å². The van der Waals surface area contributed by atoms with Crippen LogP contribution in [0.25, 0.3) is 10.9 Å². The van der Waals surface area contributed by atoms with Crippen LogP contribution in [0.3, 0.4) is 0 Å². The average molecular weight is 777 g/mol. The molecule has 0 aliphatic rings. The van der Waals surface area contributed by atoms with Gasteiger partial charge < -0.3 is 63.5 Å². The summed E-state index contributed by atoms with van der Waals surface area (Å²) in [5.41, 5.74) is 12.9. The highest BCUT2D eigenvalue weighted by Gasteiger charge is 2.35. The lowest BCUT2D eigenvalue weighted by molar-refractivity contribution is -0.145. The zero-order chi connectivity index (χ0) is 41.4. The van der Waals surface area contributed by atoms with Gasteiger partial charge in [-0.05, 0) is 70.0 Å². The number of aliphatic hydroxyl groups is 2. The molecule has 1 heterocycles. The fourth-order valence-corrected chi connectivity index (χ4v) is 5.72. The number of carboxylic acid groups (broad SMARTS) is 2. The Morgan fingerprint density at radius 3 is 1.85 bits per heavy atom. The van der Waals surface area contributed by atoms with E-state index in [-0.39, 0.29) is 44.6 Å². The molecule has 19 nitrogen and oxygen atoms in total. The molecule has 0 bridgehead atoms. The van der Waals surface area contributed by atoms with Crippen molar-refractivity contribution in [2.75, 3.05) is 6.54 Å². The van der Waals surface area contributed by atoms with Crippen molar-refractivity contribution in [3.63, 3.8) is 0 Å². The van der Waals surface area contributed by atoms with Crippen LogP contribution in [-0.2, 0) is 40.0 Å². The molecule has 0 spiro atoms. The summed E-state index contributed by atoms with van der Waals surface area (Å²) >= 11 is 0. The molecule has 0 radical (unpaired) electrons. The van der Waals surface area contributed by atoms with Crippen LogP contribution in [-0.4, -0.2) is 122 Å². The average Bonchev–Trinajstić information content (AvgIpc) is 3.52. The van der Waals surface area contributed by atoms with Crippen molar-refractivity contribution < 1.29 is 54.0 Å². The van der Waals surface area contributed by atoms with Crippen LogP contribution in [0.1, 0.15) is 71.8 Å². The van der Waals surface area contributed by atoms with Crippen LogP contribution in [0, 0.1) is 5.92 Å². The Balaban J connectivity index is 2.34. The van der Waals surface area contributed by atoms with Crippen LogP contribution in [0.4, 0.5) is 0 Å². The van der Waals surface area contributed by atoms with Gasteiger partial charge in [0.25, 0.3) is 0 Å². The maximum atomic E-state index is 13.9. The standard InChI is InChI=1S/C36H56N8O11/c1-18(2)15-26(34(52)43-29(19(3)45)35(53)40-25(11-7-8-14-37)32(50)44-30(20(4)46)36(54)55)42-33(51)27(41-31(49)23(38)12-13-28(47)48)16-21-17-39-24-10-6-5-9-22(21)24/h5-6,9-10,17-20,23,25-27,29-30,39,45-46H,7-8,11-16,37-38H2,1-4H3,(H,40,53)(H,41,49)(H,42,51)(H,43,52)(H,44,50)(H,47,48)(H,54,55)/t19-,20-,23+,25+,26+,27+,29+,30+/m1/s1. The summed E-state index contributed by atoms with van der Waals surface area (Å²) in [5.74, 6) is -7.21. The van der Waals surface area contributed by atoms with Gasteiger partial charge in [-0.1, -0.05) is 32.0 Å². The Bertz CT molecular complexity index is 1630. The first-order valence-electron chi connectivity index (χ1n) is 18.2. The molecule has 1 aromatic heterocycles. The number of aromatic nitrogens is 1. The summed E-state index contributed by atoms with van der Waals surface area (Å²) in [7, 11) is 0. The number of para-hydroxylation sites is 1. The SMILES string of the molecule is CC(C)C[C@H](NC(=O)[C@H](Cc1c[nH]c2ccccc12)NC(=O)[C@@H](N)CCC(=O)O)C(=O)N[C@H](C(=O)N[C@@H](CCCCN)C(=O)N[C@H](C(=O)O)[C@@H](C)O)[C@@H](C)O. The van der Waals surface area contributed by atoms with Crippen LogP contribution in [0.5, 0.6) is 0 Å². The highest BCUT2D eigenvalue weighted by atomic mass is 16.4. The van der Waals surface area contributed by atoms with E-state index in [1.54, 1.807) is 26.1 Å². The van der Waals surface area contributed by atoms with E-state index in [0.717, 1.165) is 10.9 Å². The van der Waals surface area contributed by atoms with E-state index in [9.17, 15) is 48.9 Å². The number of unbranched alkanes of at least 4 members (excludes halogenated alkanes) is 1. The molecule has 14 N–H and O–H groups in total. The number of carboxylic acids is 2. The van der Waals surface area contributed by atoms with Crippen molar-refractivity contribution in [2.45, 2.75) is 121 Å². The number of aromatic amines is 1. The zero-order valence-corrected chi connectivity index (χ0v) is 31.5. The summed E-state index contributed by atoms with van der Waals surface area (Å²) in [5, 5.41) is 52.0. The Hall–Kier alpha value is -5.11. The van der Waals surface area contributed by atoms with Crippen molar-refractivity contribution >= 4 is 52.4 Å². The maximum Gasteiger partial charge on any atom is 0.328 e. The first-order valence-corrected chi connectivity index (χ1v) is 18.2. The number of fused-ring (bicyclic) bond motifs is 1. The predicted octanol–water partition coefficient (Wildman–Crippen LogP) is -1.65. The number of nitrogens with one attached hydrogen (secondary N) is 6. The minimum absolute atomic E-state index is 0.0108. The van der Waals surface area contributed by atoms with Crippen molar-refractivity contribution in [1.82, 2.24) is 31.6 Å². The monoisotopic (exact) mass is 776 g/mol. The Kier molecular flexibility index (Phi) is 18.7. The van der Waals surface area contributed by atoms with E-state index in [1.807, 2.05) is 18.2 Å². The van der Waals surface area contributed by atoms with Crippen LogP contribution in [0.15, 0.2) is 30.5 Å². The number of benzene rings is 1. The number of hydrogen-bond acceptors (Lipinski definition) is 11. The van der Waals surface area contributed by atoms with E-state index in [0.29, 0.717) is 18.4 Å². The van der Waals surface area contributed by atoms with Gasteiger partial charge in [-0.25, -0.2) is 4.79 Å². The lowest BCUT2D eigenvalue weighted by atomic mass is 9.99. The molecule has 19 heteroatoms. The second-order valence-electron chi connectivity index (χ2n) is 14.0.